The van der Waals surface area contributed by atoms with Gasteiger partial charge in [-0.1, -0.05) is 17.8 Å². The van der Waals surface area contributed by atoms with Gasteiger partial charge in [0, 0.05) is 25.0 Å². The lowest BCUT2D eigenvalue weighted by atomic mass is 10.3. The van der Waals surface area contributed by atoms with E-state index in [2.05, 4.69) is 9.97 Å². The molecule has 0 aliphatic rings. The summed E-state index contributed by atoms with van der Waals surface area (Å²) in [6, 6.07) is 5.57. The molecule has 0 saturated carbocycles. The van der Waals surface area contributed by atoms with Crippen LogP contribution in [0.5, 0.6) is 0 Å². The molecule has 3 heterocycles. The quantitative estimate of drug-likeness (QED) is 0.475. The zero-order valence-corrected chi connectivity index (χ0v) is 16.3. The van der Waals surface area contributed by atoms with Crippen LogP contribution in [0.2, 0.25) is 0 Å². The van der Waals surface area contributed by atoms with Gasteiger partial charge in [-0.25, -0.2) is 14.8 Å². The Morgan fingerprint density at radius 3 is 2.85 bits per heavy atom. The molecule has 0 atom stereocenters. The van der Waals surface area contributed by atoms with Crippen LogP contribution < -0.4 is 4.90 Å². The number of carbonyl (C=O) groups excluding carboxylic acids is 2. The number of hydrogen-bond acceptors (Lipinski definition) is 7. The zero-order valence-electron chi connectivity index (χ0n) is 14.6. The lowest BCUT2D eigenvalue weighted by molar-refractivity contribution is -0.116. The highest BCUT2D eigenvalue weighted by Crippen LogP contribution is 2.23. The van der Waals surface area contributed by atoms with Crippen molar-refractivity contribution in [2.45, 2.75) is 25.6 Å². The van der Waals surface area contributed by atoms with Gasteiger partial charge in [0.1, 0.15) is 6.61 Å². The summed E-state index contributed by atoms with van der Waals surface area (Å²) < 4.78 is 7.24. The Balaban J connectivity index is 1.74. The van der Waals surface area contributed by atoms with E-state index in [0.29, 0.717) is 22.9 Å². The van der Waals surface area contributed by atoms with Crippen molar-refractivity contribution in [3.8, 4) is 0 Å². The number of pyridine rings is 1. The van der Waals surface area contributed by atoms with E-state index < -0.39 is 5.97 Å². The number of imidazole rings is 1. The number of rotatable bonds is 6. The summed E-state index contributed by atoms with van der Waals surface area (Å²) >= 11 is 2.81. The van der Waals surface area contributed by atoms with E-state index in [1.807, 2.05) is 42.0 Å². The molecule has 0 radical (unpaired) electrons. The van der Waals surface area contributed by atoms with Crippen LogP contribution in [0.3, 0.4) is 0 Å². The maximum Gasteiger partial charge on any atom is 0.359 e. The minimum atomic E-state index is -0.498. The topological polar surface area (TPSA) is 76.8 Å². The minimum Gasteiger partial charge on any atom is -0.454 e. The van der Waals surface area contributed by atoms with Crippen molar-refractivity contribution in [2.24, 2.45) is 0 Å². The molecule has 3 rings (SSSR count). The summed E-state index contributed by atoms with van der Waals surface area (Å²) in [7, 11) is 0. The smallest absolute Gasteiger partial charge is 0.359 e. The predicted molar refractivity (Wildman–Crippen MR) is 102 cm³/mol. The third-order valence-electron chi connectivity index (χ3n) is 3.71. The highest BCUT2D eigenvalue weighted by molar-refractivity contribution is 7.98. The fourth-order valence-electron chi connectivity index (χ4n) is 2.49. The summed E-state index contributed by atoms with van der Waals surface area (Å²) in [5, 5.41) is 3.11. The number of amides is 1. The molecule has 3 aromatic rings. The van der Waals surface area contributed by atoms with Crippen LogP contribution in [0.25, 0.3) is 5.52 Å². The molecule has 0 saturated heterocycles. The molecule has 0 bridgehead atoms. The maximum atomic E-state index is 12.5. The molecule has 0 aromatic carbocycles. The lowest BCUT2D eigenvalue weighted by Gasteiger charge is -2.14. The number of anilines is 1. The molecule has 0 aliphatic heterocycles. The largest absolute Gasteiger partial charge is 0.454 e. The van der Waals surface area contributed by atoms with Gasteiger partial charge in [-0.05, 0) is 25.3 Å². The normalized spacial score (nSPS) is 10.9. The van der Waals surface area contributed by atoms with Gasteiger partial charge >= 0.3 is 5.97 Å². The second-order valence-electron chi connectivity index (χ2n) is 5.36. The molecule has 26 heavy (non-hydrogen) atoms. The summed E-state index contributed by atoms with van der Waals surface area (Å²) in [6.45, 7) is 3.96. The fraction of sp³-hybridized carbons (Fsp3) is 0.294. The summed E-state index contributed by atoms with van der Waals surface area (Å²) in [5.74, 6) is -0.568. The third kappa shape index (κ3) is 3.58. The number of ether oxygens (including phenoxy) is 1. The molecule has 136 valence electrons. The van der Waals surface area contributed by atoms with Gasteiger partial charge in [0.15, 0.2) is 16.0 Å². The van der Waals surface area contributed by atoms with Crippen LogP contribution in [-0.2, 0) is 16.1 Å². The first-order valence-electron chi connectivity index (χ1n) is 7.95. The molecule has 0 unspecified atom stereocenters. The summed E-state index contributed by atoms with van der Waals surface area (Å²) in [6.07, 6.45) is 3.76. The van der Waals surface area contributed by atoms with Crippen LogP contribution in [-0.4, -0.2) is 39.0 Å². The second-order valence-corrected chi connectivity index (χ2v) is 6.97. The molecule has 0 spiro atoms. The van der Waals surface area contributed by atoms with Gasteiger partial charge in [-0.2, -0.15) is 0 Å². The predicted octanol–water partition coefficient (Wildman–Crippen LogP) is 3.24. The number of nitrogens with zero attached hydrogens (tertiary/aromatic N) is 4. The van der Waals surface area contributed by atoms with Crippen LogP contribution >= 0.6 is 23.1 Å². The SMILES string of the molecule is CCN(C(C)=O)c1nc(COC(=O)c2nc(SC)n3ccccc23)cs1. The van der Waals surface area contributed by atoms with Gasteiger partial charge < -0.3 is 4.74 Å². The summed E-state index contributed by atoms with van der Waals surface area (Å²) in [5.41, 5.74) is 1.59. The average molecular weight is 390 g/mol. The molecule has 0 aliphatic carbocycles. The van der Waals surface area contributed by atoms with Crippen molar-refractivity contribution in [2.75, 3.05) is 17.7 Å². The molecular weight excluding hydrogens is 372 g/mol. The fourth-order valence-corrected chi connectivity index (χ4v) is 3.95. The Hall–Kier alpha value is -2.39. The van der Waals surface area contributed by atoms with Gasteiger partial charge in [0.05, 0.1) is 11.2 Å². The zero-order chi connectivity index (χ0) is 18.7. The Morgan fingerprint density at radius 2 is 2.15 bits per heavy atom. The van der Waals surface area contributed by atoms with Gasteiger partial charge in [-0.3, -0.25) is 14.1 Å². The van der Waals surface area contributed by atoms with Crippen LogP contribution in [0.4, 0.5) is 5.13 Å². The van der Waals surface area contributed by atoms with E-state index in [1.54, 1.807) is 10.3 Å². The van der Waals surface area contributed by atoms with Crippen molar-refractivity contribution < 1.29 is 14.3 Å². The Morgan fingerprint density at radius 1 is 1.35 bits per heavy atom. The first kappa shape index (κ1) is 18.4. The standard InChI is InChI=1S/C17H18N4O3S2/c1-4-20(11(2)22)17-18-12(10-26-17)9-24-15(23)14-13-7-5-6-8-21(13)16(19-14)25-3/h5-8,10H,4,9H2,1-3H3. The molecule has 1 amide bonds. The van der Waals surface area contributed by atoms with E-state index >= 15 is 0 Å². The molecule has 0 N–H and O–H groups in total. The van der Waals surface area contributed by atoms with Gasteiger partial charge in [-0.15, -0.1) is 11.3 Å². The number of thioether (sulfide) groups is 1. The molecular formula is C17H18N4O3S2. The Bertz CT molecular complexity index is 951. The monoisotopic (exact) mass is 390 g/mol. The van der Waals surface area contributed by atoms with E-state index in [0.717, 1.165) is 5.16 Å². The molecule has 3 aromatic heterocycles. The van der Waals surface area contributed by atoms with E-state index in [1.165, 1.54) is 30.0 Å². The van der Waals surface area contributed by atoms with Gasteiger partial charge in [0.25, 0.3) is 0 Å². The Labute approximate surface area is 159 Å². The number of fused-ring (bicyclic) bond motifs is 1. The maximum absolute atomic E-state index is 12.5. The first-order valence-corrected chi connectivity index (χ1v) is 10.1. The van der Waals surface area contributed by atoms with Crippen molar-refractivity contribution in [3.63, 3.8) is 0 Å². The molecule has 7 nitrogen and oxygen atoms in total. The van der Waals surface area contributed by atoms with Gasteiger partial charge in [0.2, 0.25) is 5.91 Å². The Kier molecular flexibility index (Phi) is 5.58. The van der Waals surface area contributed by atoms with Crippen LogP contribution in [0.15, 0.2) is 34.9 Å². The minimum absolute atomic E-state index is 0.0330. The number of hydrogen-bond donors (Lipinski definition) is 0. The van der Waals surface area contributed by atoms with Crippen molar-refractivity contribution in [1.82, 2.24) is 14.4 Å². The first-order chi connectivity index (χ1) is 12.5. The number of esters is 1. The van der Waals surface area contributed by atoms with Crippen LogP contribution in [0.1, 0.15) is 30.0 Å². The number of aromatic nitrogens is 3. The summed E-state index contributed by atoms with van der Waals surface area (Å²) in [4.78, 5) is 34.4. The molecule has 0 fully saturated rings. The molecule has 9 heteroatoms. The highest BCUT2D eigenvalue weighted by Gasteiger charge is 2.19. The third-order valence-corrected chi connectivity index (χ3v) is 5.28. The van der Waals surface area contributed by atoms with Crippen molar-refractivity contribution in [1.29, 1.82) is 0 Å². The van der Waals surface area contributed by atoms with Crippen molar-refractivity contribution >= 4 is 45.6 Å². The van der Waals surface area contributed by atoms with E-state index in [-0.39, 0.29) is 18.2 Å². The highest BCUT2D eigenvalue weighted by atomic mass is 32.2. The van der Waals surface area contributed by atoms with E-state index in [9.17, 15) is 9.59 Å². The van der Waals surface area contributed by atoms with E-state index in [4.69, 9.17) is 4.74 Å². The number of carbonyl (C=O) groups is 2. The number of thiazole rings is 1. The lowest BCUT2D eigenvalue weighted by Crippen LogP contribution is -2.27. The van der Waals surface area contributed by atoms with Crippen LogP contribution in [0, 0.1) is 0 Å². The second kappa shape index (κ2) is 7.88. The average Bonchev–Trinajstić information content (AvgIpc) is 3.24. The van der Waals surface area contributed by atoms with Crippen molar-refractivity contribution in [3.05, 3.63) is 41.2 Å².